The molecule has 338 valence electrons. The minimum absolute atomic E-state index is 0.184. The van der Waals surface area contributed by atoms with Gasteiger partial charge in [0, 0.05) is 142 Å². The normalized spacial score (nSPS) is 19.9. The molecule has 11 nitrogen and oxygen atoms in total. The number of likely N-dealkylation sites (tertiary alicyclic amines) is 1. The van der Waals surface area contributed by atoms with Gasteiger partial charge in [0.05, 0.1) is 6.26 Å². The first-order chi connectivity index (χ1) is 29.9. The molecule has 0 unspecified atom stereocenters. The van der Waals surface area contributed by atoms with Gasteiger partial charge in [-0.3, -0.25) is 9.69 Å². The number of aromatic amines is 3. The number of aromatic nitrogens is 3. The summed E-state index contributed by atoms with van der Waals surface area (Å²) in [6.45, 7) is 17.6. The molecule has 6 heterocycles. The molecule has 63 heavy (non-hydrogen) atoms. The van der Waals surface area contributed by atoms with Gasteiger partial charge < -0.3 is 29.7 Å². The second-order valence-electron chi connectivity index (χ2n) is 19.3. The quantitative estimate of drug-likeness (QED) is 0.153. The van der Waals surface area contributed by atoms with Crippen molar-refractivity contribution in [2.45, 2.75) is 83.7 Å². The van der Waals surface area contributed by atoms with Crippen molar-refractivity contribution in [1.29, 1.82) is 0 Å². The van der Waals surface area contributed by atoms with E-state index in [1.54, 1.807) is 4.31 Å². The number of halogens is 2. The predicted molar refractivity (Wildman–Crippen MR) is 262 cm³/mol. The van der Waals surface area contributed by atoms with Crippen molar-refractivity contribution >= 4 is 83.2 Å². The van der Waals surface area contributed by atoms with Gasteiger partial charge in [0.15, 0.2) is 0 Å². The summed E-state index contributed by atoms with van der Waals surface area (Å²) in [6.07, 6.45) is 12.5. The number of rotatable bonds is 6. The molecule has 4 aliphatic rings. The first-order valence-electron chi connectivity index (χ1n) is 22.5. The van der Waals surface area contributed by atoms with E-state index in [-0.39, 0.29) is 5.54 Å². The fourth-order valence-corrected chi connectivity index (χ4v) is 11.8. The molecule has 10 rings (SSSR count). The van der Waals surface area contributed by atoms with E-state index in [0.717, 1.165) is 91.4 Å². The molecule has 1 aliphatic carbocycles. The van der Waals surface area contributed by atoms with Gasteiger partial charge in [0.2, 0.25) is 15.9 Å². The maximum absolute atomic E-state index is 12.1. The smallest absolute Gasteiger partial charge is 0.225 e. The van der Waals surface area contributed by atoms with Crippen LogP contribution in [0.1, 0.15) is 77.3 Å². The molecule has 3 aliphatic heterocycles. The van der Waals surface area contributed by atoms with Crippen molar-refractivity contribution in [1.82, 2.24) is 29.1 Å². The number of piperidine rings is 1. The van der Waals surface area contributed by atoms with Gasteiger partial charge in [0.1, 0.15) is 0 Å². The Morgan fingerprint density at radius 2 is 1.21 bits per heavy atom. The average molecular weight is 916 g/mol. The van der Waals surface area contributed by atoms with Crippen molar-refractivity contribution in [3.8, 4) is 0 Å². The van der Waals surface area contributed by atoms with E-state index < -0.39 is 15.6 Å². The lowest BCUT2D eigenvalue weighted by molar-refractivity contribution is -0.133. The summed E-state index contributed by atoms with van der Waals surface area (Å²) in [5.41, 5.74) is 8.18. The molecule has 3 N–H and O–H groups in total. The molecular weight excluding hydrogens is 852 g/mol. The predicted octanol–water partition coefficient (Wildman–Crippen LogP) is 9.88. The molecule has 6 aromatic rings. The fourth-order valence-electron chi connectivity index (χ4n) is 9.95. The van der Waals surface area contributed by atoms with Crippen LogP contribution >= 0.6 is 23.2 Å². The third kappa shape index (κ3) is 9.90. The number of nitrogens with one attached hydrogen (secondary N) is 3. The summed E-state index contributed by atoms with van der Waals surface area (Å²) < 4.78 is 25.7. The zero-order chi connectivity index (χ0) is 44.8. The van der Waals surface area contributed by atoms with Crippen molar-refractivity contribution in [2.24, 2.45) is 5.92 Å². The Bertz CT molecular complexity index is 2690. The number of carbonyl (C=O) groups is 1. The van der Waals surface area contributed by atoms with Crippen LogP contribution in [0.3, 0.4) is 0 Å². The Morgan fingerprint density at radius 3 is 1.76 bits per heavy atom. The lowest BCUT2D eigenvalue weighted by atomic mass is 9.87. The van der Waals surface area contributed by atoms with Gasteiger partial charge >= 0.3 is 0 Å². The SMILES string of the molecule is CCc1cc(N2CCN(S(C)(=O)=O)C(C)(C)C2)c2cc[nH]c2c1.CN1CCN(c2cc(Cl)cc3[nH]ccc23)CC1(C)C.O=C(C1CC1)N1CCC(c2cc(Cl)cc3[nH]ccc23)CC1. The summed E-state index contributed by atoms with van der Waals surface area (Å²) in [6, 6.07) is 18.9. The van der Waals surface area contributed by atoms with E-state index in [9.17, 15) is 13.2 Å². The van der Waals surface area contributed by atoms with E-state index >= 15 is 0 Å². The molecule has 14 heteroatoms. The third-order valence-electron chi connectivity index (χ3n) is 13.8. The van der Waals surface area contributed by atoms with Gasteiger partial charge in [0.25, 0.3) is 0 Å². The maximum Gasteiger partial charge on any atom is 0.225 e. The van der Waals surface area contributed by atoms with Crippen LogP contribution in [0.4, 0.5) is 11.4 Å². The Balaban J connectivity index is 0.000000130. The van der Waals surface area contributed by atoms with Crippen LogP contribution in [0.15, 0.2) is 73.2 Å². The van der Waals surface area contributed by atoms with E-state index in [1.165, 1.54) is 44.9 Å². The standard InChI is InChI=1S/C17H19ClN2O.C17H25N3O2S.C15H20ClN3/c18-13-9-15(14-3-6-19-16(14)10-13)11-4-7-20(8-5-11)17(21)12-1-2-12;1-5-13-10-15-14(6-7-18-15)16(11-13)19-8-9-20(23(4,21)22)17(2,3)12-19;1-15(2)10-19(7-6-18(15)3)14-9-11(16)8-13-12(14)4-5-17-13/h3,6,9-12,19H,1-2,4-5,7-8H2;6-7,10-11,18H,5,8-9,12H2,1-4H3;4-5,8-9,17H,6-7,10H2,1-3H3. The highest BCUT2D eigenvalue weighted by Gasteiger charge is 2.40. The highest BCUT2D eigenvalue weighted by molar-refractivity contribution is 7.88. The molecule has 1 saturated carbocycles. The number of hydrogen-bond acceptors (Lipinski definition) is 6. The average Bonchev–Trinajstić information content (AvgIpc) is 3.53. The third-order valence-corrected chi connectivity index (χ3v) is 15.7. The van der Waals surface area contributed by atoms with E-state index in [2.05, 4.69) is 105 Å². The summed E-state index contributed by atoms with van der Waals surface area (Å²) in [4.78, 5) is 31.2. The fraction of sp³-hybridized carbons (Fsp3) is 0.490. The first-order valence-corrected chi connectivity index (χ1v) is 25.1. The van der Waals surface area contributed by atoms with Crippen LogP contribution in [-0.4, -0.2) is 120 Å². The number of nitrogens with zero attached hydrogens (tertiary/aromatic N) is 5. The topological polar surface area (TPSA) is 115 Å². The Kier molecular flexibility index (Phi) is 13.0. The van der Waals surface area contributed by atoms with Crippen LogP contribution in [0, 0.1) is 5.92 Å². The molecule has 4 fully saturated rings. The molecule has 3 aromatic carbocycles. The number of anilines is 2. The van der Waals surface area contributed by atoms with Crippen LogP contribution < -0.4 is 9.80 Å². The molecule has 3 aromatic heterocycles. The molecule has 1 amide bonds. The van der Waals surface area contributed by atoms with Crippen LogP contribution in [0.25, 0.3) is 32.7 Å². The highest BCUT2D eigenvalue weighted by atomic mass is 35.5. The number of sulfonamides is 1. The number of fused-ring (bicyclic) bond motifs is 3. The molecule has 3 saturated heterocycles. The lowest BCUT2D eigenvalue weighted by Gasteiger charge is -2.46. The lowest BCUT2D eigenvalue weighted by Crippen LogP contribution is -2.60. The van der Waals surface area contributed by atoms with Gasteiger partial charge in [-0.1, -0.05) is 30.1 Å². The molecular formula is C49H64Cl2N8O3S. The molecule has 0 radical (unpaired) electrons. The van der Waals surface area contributed by atoms with Crippen molar-refractivity contribution in [3.05, 3.63) is 94.4 Å². The Hall–Kier alpha value is -4.20. The monoisotopic (exact) mass is 914 g/mol. The zero-order valence-electron chi connectivity index (χ0n) is 37.9. The van der Waals surface area contributed by atoms with Crippen molar-refractivity contribution in [2.75, 3.05) is 75.5 Å². The number of hydrogen-bond donors (Lipinski definition) is 3. The number of likely N-dealkylation sites (N-methyl/N-ethyl adjacent to an activating group) is 1. The summed E-state index contributed by atoms with van der Waals surface area (Å²) >= 11 is 12.5. The Labute approximate surface area is 383 Å². The molecule has 0 spiro atoms. The summed E-state index contributed by atoms with van der Waals surface area (Å²) in [5, 5.41) is 5.31. The van der Waals surface area contributed by atoms with Gasteiger partial charge in [-0.15, -0.1) is 0 Å². The maximum atomic E-state index is 12.1. The number of amides is 1. The van der Waals surface area contributed by atoms with Crippen LogP contribution in [0.2, 0.25) is 10.0 Å². The van der Waals surface area contributed by atoms with Gasteiger partial charge in [-0.25, -0.2) is 8.42 Å². The van der Waals surface area contributed by atoms with Gasteiger partial charge in [-0.05, 0) is 138 Å². The second kappa shape index (κ2) is 18.0. The minimum atomic E-state index is -3.18. The van der Waals surface area contributed by atoms with Crippen LogP contribution in [0.5, 0.6) is 0 Å². The Morgan fingerprint density at radius 1 is 0.683 bits per heavy atom. The summed E-state index contributed by atoms with van der Waals surface area (Å²) in [7, 11) is -0.987. The number of H-pyrrole nitrogens is 3. The number of aryl methyl sites for hydroxylation is 1. The van der Waals surface area contributed by atoms with Crippen molar-refractivity contribution in [3.63, 3.8) is 0 Å². The highest BCUT2D eigenvalue weighted by Crippen LogP contribution is 2.38. The van der Waals surface area contributed by atoms with Crippen LogP contribution in [-0.2, 0) is 21.2 Å². The molecule has 0 atom stereocenters. The zero-order valence-corrected chi connectivity index (χ0v) is 40.2. The second-order valence-corrected chi connectivity index (χ2v) is 22.1. The van der Waals surface area contributed by atoms with E-state index in [0.29, 0.717) is 37.4 Å². The minimum Gasteiger partial charge on any atom is -0.368 e. The van der Waals surface area contributed by atoms with Gasteiger partial charge in [-0.2, -0.15) is 4.31 Å². The summed E-state index contributed by atoms with van der Waals surface area (Å²) in [5.74, 6) is 1.22. The first kappa shape index (κ1) is 45.4. The van der Waals surface area contributed by atoms with E-state index in [1.807, 2.05) is 44.6 Å². The van der Waals surface area contributed by atoms with E-state index in [4.69, 9.17) is 23.2 Å². The number of piperazine rings is 2. The number of carbonyl (C=O) groups excluding carboxylic acids is 1. The number of benzene rings is 3. The molecule has 0 bridgehead atoms. The van der Waals surface area contributed by atoms with Crippen molar-refractivity contribution < 1.29 is 13.2 Å². The largest absolute Gasteiger partial charge is 0.368 e.